The summed E-state index contributed by atoms with van der Waals surface area (Å²) in [7, 11) is 0. The molecule has 1 aliphatic heterocycles. The van der Waals surface area contributed by atoms with E-state index in [1.54, 1.807) is 92.7 Å². The van der Waals surface area contributed by atoms with E-state index in [1.807, 2.05) is 0 Å². The smallest absolute Gasteiger partial charge is 0.338 e. The lowest BCUT2D eigenvalue weighted by atomic mass is 9.44. The zero-order valence-corrected chi connectivity index (χ0v) is 45.4. The number of benzene rings is 3. The predicted octanol–water partition coefficient (Wildman–Crippen LogP) is 3.70. The van der Waals surface area contributed by atoms with Crippen molar-refractivity contribution in [2.45, 2.75) is 115 Å². The predicted molar refractivity (Wildman–Crippen MR) is 279 cm³/mol. The van der Waals surface area contributed by atoms with Gasteiger partial charge in [-0.1, -0.05) is 80.6 Å². The molecule has 21 nitrogen and oxygen atoms in total. The Morgan fingerprint density at radius 1 is 0.734 bits per heavy atom. The molecule has 1 amide bonds. The molecule has 1 saturated heterocycles. The molecule has 3 aliphatic carbocycles. The van der Waals surface area contributed by atoms with Crippen molar-refractivity contribution in [1.82, 2.24) is 5.32 Å². The summed E-state index contributed by atoms with van der Waals surface area (Å²) in [5.41, 5.74) is -2.20. The van der Waals surface area contributed by atoms with Crippen LogP contribution in [0, 0.1) is 16.7 Å². The standard InChI is InChI=1S/C58H72N2O19/c1-35-41(76-54(68)47(64)46(38-16-10-7-11-17-38)60-52(66)39-18-12-8-13-19-39)33-58(69)51(78-53(67)40-20-14-9-15-21-40)49-56(6,50(65)48(75-36(2)61)45(35)55(58,4)5)42(32-43-57(49,34-74-43)79-37(3)62)77-44(63)22-24-70-26-28-72-30-31-73-29-27-71-25-23-59/h7-21,41-43,46-49,51,64,69H,22-34,59H2,1-6H3,(H,60,66)/t41-,42-,43+,46-,47+,48+,49?,51-,56+,57-,58+/m0/s1. The Morgan fingerprint density at radius 2 is 1.29 bits per heavy atom. The number of amides is 1. The normalized spacial score (nSPS) is 27.5. The minimum absolute atomic E-state index is 0.0276. The van der Waals surface area contributed by atoms with E-state index in [-0.39, 0.29) is 68.1 Å². The highest BCUT2D eigenvalue weighted by atomic mass is 16.6. The second-order valence-corrected chi connectivity index (χ2v) is 20.8. The van der Waals surface area contributed by atoms with Gasteiger partial charge in [-0.05, 0) is 54.8 Å². The summed E-state index contributed by atoms with van der Waals surface area (Å²) in [5.74, 6) is -8.00. The van der Waals surface area contributed by atoms with Crippen LogP contribution in [0.5, 0.6) is 0 Å². The van der Waals surface area contributed by atoms with E-state index in [0.29, 0.717) is 38.5 Å². The van der Waals surface area contributed by atoms with Gasteiger partial charge in [-0.2, -0.15) is 0 Å². The Bertz CT molecular complexity index is 2670. The van der Waals surface area contributed by atoms with Gasteiger partial charge in [-0.25, -0.2) is 9.59 Å². The number of hydrogen-bond acceptors (Lipinski definition) is 20. The molecule has 5 N–H and O–H groups in total. The molecule has 1 heterocycles. The number of nitrogens with one attached hydrogen (secondary N) is 1. The fourth-order valence-electron chi connectivity index (χ4n) is 11.6. The van der Waals surface area contributed by atoms with Crippen molar-refractivity contribution in [2.24, 2.45) is 22.5 Å². The van der Waals surface area contributed by atoms with Gasteiger partial charge in [0.2, 0.25) is 0 Å². The highest BCUT2D eigenvalue weighted by Gasteiger charge is 2.79. The quantitative estimate of drug-likeness (QED) is 0.0407. The number of aliphatic hydroxyl groups excluding tert-OH is 1. The number of rotatable bonds is 25. The van der Waals surface area contributed by atoms with E-state index >= 15 is 4.79 Å². The van der Waals surface area contributed by atoms with Crippen molar-refractivity contribution >= 4 is 41.5 Å². The van der Waals surface area contributed by atoms with Crippen molar-refractivity contribution in [3.63, 3.8) is 0 Å². The molecule has 2 saturated carbocycles. The number of ether oxygens (including phenoxy) is 10. The Balaban J connectivity index is 1.27. The van der Waals surface area contributed by atoms with Gasteiger partial charge >= 0.3 is 29.8 Å². The van der Waals surface area contributed by atoms with Crippen molar-refractivity contribution < 1.29 is 91.1 Å². The molecule has 0 aromatic heterocycles. The second kappa shape index (κ2) is 26.2. The van der Waals surface area contributed by atoms with Crippen LogP contribution in [0.3, 0.4) is 0 Å². The summed E-state index contributed by atoms with van der Waals surface area (Å²) < 4.78 is 59.3. The fourth-order valence-corrected chi connectivity index (χ4v) is 11.6. The van der Waals surface area contributed by atoms with Crippen LogP contribution >= 0.6 is 0 Å². The molecule has 21 heteroatoms. The van der Waals surface area contributed by atoms with Crippen LogP contribution in [0.2, 0.25) is 0 Å². The number of ketones is 1. The number of carbonyl (C=O) groups is 7. The molecule has 2 bridgehead atoms. The first-order valence-corrected chi connectivity index (χ1v) is 26.4. The van der Waals surface area contributed by atoms with Crippen molar-refractivity contribution in [3.05, 3.63) is 119 Å². The summed E-state index contributed by atoms with van der Waals surface area (Å²) in [6.07, 6.45) is -11.3. The summed E-state index contributed by atoms with van der Waals surface area (Å²) in [6.45, 7) is 10.3. The number of carbonyl (C=O) groups excluding carboxylic acids is 7. The number of aliphatic hydroxyl groups is 2. The molecule has 3 aromatic carbocycles. The third-order valence-electron chi connectivity index (χ3n) is 15.5. The van der Waals surface area contributed by atoms with Gasteiger partial charge in [0, 0.05) is 44.2 Å². The number of nitrogens with two attached hydrogens (primary N) is 1. The minimum atomic E-state index is -2.49. The molecule has 3 aromatic rings. The molecule has 428 valence electrons. The van der Waals surface area contributed by atoms with Crippen molar-refractivity contribution in [2.75, 3.05) is 66.0 Å². The van der Waals surface area contributed by atoms with Crippen LogP contribution in [0.25, 0.3) is 0 Å². The van der Waals surface area contributed by atoms with Gasteiger partial charge in [0.05, 0.1) is 88.8 Å². The largest absolute Gasteiger partial charge is 0.461 e. The molecular weight excluding hydrogens is 1030 g/mol. The SMILES string of the molecule is CC(=O)O[C@H]1C(=O)[C@@]2(C)C([C@H](OC(=O)c3ccccc3)[C@]3(O)C[C@H](OC(=O)[C@H](O)[C@@H](NC(=O)c4ccccc4)c4ccccc4)C(C)=C1C3(C)C)[C@]1(OC(C)=O)CO[C@@H]1C[C@@H]2OC(=O)CCOCCOCCOCCOCCN. The van der Waals surface area contributed by atoms with Crippen LogP contribution in [0.15, 0.2) is 102 Å². The summed E-state index contributed by atoms with van der Waals surface area (Å²) in [5, 5.41) is 28.8. The van der Waals surface area contributed by atoms with Gasteiger partial charge in [-0.3, -0.25) is 24.0 Å². The lowest BCUT2D eigenvalue weighted by Crippen LogP contribution is -2.82. The lowest BCUT2D eigenvalue weighted by molar-refractivity contribution is -0.346. The number of Topliss-reactive ketones (excluding diaryl/α,β-unsaturated/α-hetero) is 1. The number of fused-ring (bicyclic) bond motifs is 5. The van der Waals surface area contributed by atoms with Crippen LogP contribution in [0.4, 0.5) is 0 Å². The van der Waals surface area contributed by atoms with Crippen molar-refractivity contribution in [1.29, 1.82) is 0 Å². The third-order valence-corrected chi connectivity index (χ3v) is 15.5. The number of esters is 5. The maximum absolute atomic E-state index is 16.3. The topological polar surface area (TPSA) is 290 Å². The fraction of sp³-hybridized carbons (Fsp3) is 0.534. The van der Waals surface area contributed by atoms with Gasteiger partial charge in [-0.15, -0.1) is 0 Å². The first-order chi connectivity index (χ1) is 37.7. The van der Waals surface area contributed by atoms with E-state index in [9.17, 15) is 39.0 Å². The van der Waals surface area contributed by atoms with Gasteiger partial charge in [0.1, 0.15) is 30.0 Å². The molecular formula is C58H72N2O19. The maximum Gasteiger partial charge on any atom is 0.338 e. The average molecular weight is 1100 g/mol. The second-order valence-electron chi connectivity index (χ2n) is 20.8. The van der Waals surface area contributed by atoms with E-state index < -0.39 is 119 Å². The van der Waals surface area contributed by atoms with E-state index in [4.69, 9.17) is 53.1 Å². The van der Waals surface area contributed by atoms with E-state index in [0.717, 1.165) is 13.8 Å². The first-order valence-electron chi connectivity index (χ1n) is 26.4. The molecule has 0 radical (unpaired) electrons. The molecule has 1 unspecified atom stereocenters. The van der Waals surface area contributed by atoms with E-state index in [1.165, 1.54) is 26.0 Å². The Morgan fingerprint density at radius 3 is 1.84 bits per heavy atom. The summed E-state index contributed by atoms with van der Waals surface area (Å²) >= 11 is 0. The number of hydrogen-bond donors (Lipinski definition) is 4. The van der Waals surface area contributed by atoms with Crippen LogP contribution in [-0.2, 0) is 71.3 Å². The average Bonchev–Trinajstić information content (AvgIpc) is 3.53. The Kier molecular flexibility index (Phi) is 20.0. The van der Waals surface area contributed by atoms with Crippen LogP contribution in [0.1, 0.15) is 93.1 Å². The van der Waals surface area contributed by atoms with Crippen LogP contribution in [-0.4, -0.2) is 166 Å². The zero-order valence-electron chi connectivity index (χ0n) is 45.4. The maximum atomic E-state index is 16.3. The molecule has 7 rings (SSSR count). The Hall–Kier alpha value is -6.43. The van der Waals surface area contributed by atoms with Gasteiger partial charge in [0.25, 0.3) is 5.91 Å². The van der Waals surface area contributed by atoms with E-state index in [2.05, 4.69) is 5.32 Å². The van der Waals surface area contributed by atoms with Crippen LogP contribution < -0.4 is 11.1 Å². The monoisotopic (exact) mass is 1100 g/mol. The highest BCUT2D eigenvalue weighted by Crippen LogP contribution is 2.65. The summed E-state index contributed by atoms with van der Waals surface area (Å²) in [6, 6.07) is 22.8. The highest BCUT2D eigenvalue weighted by molar-refractivity contribution is 5.96. The third kappa shape index (κ3) is 12.9. The first kappa shape index (κ1) is 60.2. The lowest BCUT2D eigenvalue weighted by Gasteiger charge is -2.67. The summed E-state index contributed by atoms with van der Waals surface area (Å²) in [4.78, 5) is 100.0. The molecule has 3 fully saturated rings. The van der Waals surface area contributed by atoms with Crippen molar-refractivity contribution in [3.8, 4) is 0 Å². The van der Waals surface area contributed by atoms with Gasteiger partial charge < -0.3 is 68.6 Å². The zero-order chi connectivity index (χ0) is 57.1. The molecule has 0 spiro atoms. The molecule has 11 atom stereocenters. The van der Waals surface area contributed by atoms with Gasteiger partial charge in [0.15, 0.2) is 23.6 Å². The molecule has 4 aliphatic rings. The molecule has 79 heavy (non-hydrogen) atoms. The minimum Gasteiger partial charge on any atom is -0.461 e. The Labute approximate surface area is 458 Å².